The number of hydrogen-bond acceptors (Lipinski definition) is 4. The summed E-state index contributed by atoms with van der Waals surface area (Å²) in [6.07, 6.45) is 2.90. The van der Waals surface area contributed by atoms with Gasteiger partial charge in [-0.25, -0.2) is 9.78 Å². The molecule has 0 spiro atoms. The van der Waals surface area contributed by atoms with E-state index in [-0.39, 0.29) is 23.3 Å². The van der Waals surface area contributed by atoms with E-state index in [0.717, 1.165) is 31.6 Å². The molecule has 0 bridgehead atoms. The fourth-order valence-corrected chi connectivity index (χ4v) is 3.04. The molecule has 1 aliphatic rings. The van der Waals surface area contributed by atoms with Crippen molar-refractivity contribution in [2.24, 2.45) is 7.05 Å². The molecule has 3 rings (SSSR count). The summed E-state index contributed by atoms with van der Waals surface area (Å²) in [4.78, 5) is 31.3. The number of rotatable bonds is 3. The summed E-state index contributed by atoms with van der Waals surface area (Å²) in [7, 11) is 1.84. The zero-order chi connectivity index (χ0) is 15.1. The highest BCUT2D eigenvalue weighted by Crippen LogP contribution is 2.24. The van der Waals surface area contributed by atoms with Gasteiger partial charge in [-0.05, 0) is 32.7 Å². The number of fused-ring (bicyclic) bond motifs is 1. The molecule has 2 N–H and O–H groups in total. The van der Waals surface area contributed by atoms with Gasteiger partial charge in [-0.3, -0.25) is 14.3 Å². The van der Waals surface area contributed by atoms with Crippen LogP contribution in [0.25, 0.3) is 11.2 Å². The van der Waals surface area contributed by atoms with Crippen LogP contribution in [-0.2, 0) is 7.05 Å². The van der Waals surface area contributed by atoms with Crippen LogP contribution >= 0.6 is 0 Å². The first kappa shape index (κ1) is 14.1. The maximum absolute atomic E-state index is 12.2. The van der Waals surface area contributed by atoms with Crippen LogP contribution in [0.5, 0.6) is 0 Å². The fourth-order valence-electron chi connectivity index (χ4n) is 3.04. The quantitative estimate of drug-likeness (QED) is 0.877. The minimum absolute atomic E-state index is 0.00358. The largest absolute Gasteiger partial charge is 0.330 e. The monoisotopic (exact) mass is 291 g/mol. The van der Waals surface area contributed by atoms with E-state index in [9.17, 15) is 9.59 Å². The van der Waals surface area contributed by atoms with Crippen LogP contribution in [0.1, 0.15) is 51.0 Å². The lowest BCUT2D eigenvalue weighted by molar-refractivity contribution is 0.516. The van der Waals surface area contributed by atoms with E-state index in [1.807, 2.05) is 25.5 Å². The molecule has 3 heterocycles. The van der Waals surface area contributed by atoms with Crippen molar-refractivity contribution in [3.05, 3.63) is 26.7 Å². The van der Waals surface area contributed by atoms with E-state index >= 15 is 0 Å². The Morgan fingerprint density at radius 1 is 1.43 bits per heavy atom. The van der Waals surface area contributed by atoms with Crippen LogP contribution in [-0.4, -0.2) is 25.6 Å². The second kappa shape index (κ2) is 5.14. The van der Waals surface area contributed by atoms with Gasteiger partial charge in [0.1, 0.15) is 5.82 Å². The Kier molecular flexibility index (Phi) is 3.44. The van der Waals surface area contributed by atoms with E-state index in [2.05, 4.69) is 15.3 Å². The number of nitrogens with one attached hydrogen (secondary N) is 2. The molecule has 21 heavy (non-hydrogen) atoms. The first-order chi connectivity index (χ1) is 10.0. The standard InChI is InChI=1S/C14H21N5O2/c1-4-8(2)19-12-10(13(20)17-14(19)21)18(3)11(16-12)9-6-5-7-15-9/h8-9,15H,4-7H2,1-3H3,(H,17,20,21). The molecule has 0 saturated carbocycles. The molecule has 114 valence electrons. The van der Waals surface area contributed by atoms with Crippen molar-refractivity contribution < 1.29 is 0 Å². The first-order valence-electron chi connectivity index (χ1n) is 7.49. The van der Waals surface area contributed by atoms with E-state index in [0.29, 0.717) is 11.2 Å². The Hall–Kier alpha value is -1.89. The molecule has 0 amide bonds. The Morgan fingerprint density at radius 2 is 2.19 bits per heavy atom. The zero-order valence-corrected chi connectivity index (χ0v) is 12.6. The molecule has 2 atom stereocenters. The van der Waals surface area contributed by atoms with E-state index < -0.39 is 0 Å². The molecule has 7 heteroatoms. The van der Waals surface area contributed by atoms with Crippen molar-refractivity contribution in [3.63, 3.8) is 0 Å². The average Bonchev–Trinajstić information content (AvgIpc) is 3.06. The second-order valence-corrected chi connectivity index (χ2v) is 5.74. The lowest BCUT2D eigenvalue weighted by atomic mass is 10.2. The minimum Gasteiger partial charge on any atom is -0.324 e. The van der Waals surface area contributed by atoms with Gasteiger partial charge in [0.05, 0.1) is 6.04 Å². The number of imidazole rings is 1. The molecular formula is C14H21N5O2. The van der Waals surface area contributed by atoms with Gasteiger partial charge in [0, 0.05) is 13.1 Å². The molecule has 0 aliphatic carbocycles. The number of aromatic amines is 1. The molecule has 1 saturated heterocycles. The zero-order valence-electron chi connectivity index (χ0n) is 12.6. The maximum atomic E-state index is 12.2. The molecule has 2 unspecified atom stereocenters. The second-order valence-electron chi connectivity index (χ2n) is 5.74. The minimum atomic E-state index is -0.383. The molecule has 0 aromatic carbocycles. The van der Waals surface area contributed by atoms with Gasteiger partial charge in [0.2, 0.25) is 0 Å². The van der Waals surface area contributed by atoms with Gasteiger partial charge in [-0.15, -0.1) is 0 Å². The summed E-state index contributed by atoms with van der Waals surface area (Å²) < 4.78 is 3.41. The lowest BCUT2D eigenvalue weighted by Gasteiger charge is -2.12. The van der Waals surface area contributed by atoms with E-state index in [1.54, 1.807) is 4.57 Å². The number of nitrogens with zero attached hydrogens (tertiary/aromatic N) is 3. The number of aryl methyl sites for hydroxylation is 1. The third-order valence-corrected chi connectivity index (χ3v) is 4.40. The predicted octanol–water partition coefficient (Wildman–Crippen LogP) is 0.819. The Bertz CT molecular complexity index is 779. The van der Waals surface area contributed by atoms with Crippen LogP contribution in [0.2, 0.25) is 0 Å². The normalized spacial score (nSPS) is 20.2. The highest BCUT2D eigenvalue weighted by atomic mass is 16.2. The Balaban J connectivity index is 2.31. The summed E-state index contributed by atoms with van der Waals surface area (Å²) in [5, 5.41) is 3.39. The van der Waals surface area contributed by atoms with Gasteiger partial charge in [-0.1, -0.05) is 6.92 Å². The summed E-state index contributed by atoms with van der Waals surface area (Å²) in [5.41, 5.74) is 0.211. The summed E-state index contributed by atoms with van der Waals surface area (Å²) in [6, 6.07) is 0.151. The molecular weight excluding hydrogens is 270 g/mol. The highest BCUT2D eigenvalue weighted by molar-refractivity contribution is 5.71. The van der Waals surface area contributed by atoms with Gasteiger partial charge < -0.3 is 9.88 Å². The highest BCUT2D eigenvalue weighted by Gasteiger charge is 2.25. The third-order valence-electron chi connectivity index (χ3n) is 4.40. The van der Waals surface area contributed by atoms with E-state index in [1.165, 1.54) is 0 Å². The summed E-state index contributed by atoms with van der Waals surface area (Å²) in [5.74, 6) is 0.829. The number of aromatic nitrogens is 4. The Labute approximate surface area is 122 Å². The van der Waals surface area contributed by atoms with Crippen LogP contribution in [0, 0.1) is 0 Å². The number of H-pyrrole nitrogens is 1. The molecule has 2 aromatic heterocycles. The Morgan fingerprint density at radius 3 is 2.81 bits per heavy atom. The van der Waals surface area contributed by atoms with Gasteiger partial charge >= 0.3 is 5.69 Å². The van der Waals surface area contributed by atoms with Crippen molar-refractivity contribution in [2.45, 2.75) is 45.2 Å². The van der Waals surface area contributed by atoms with Gasteiger partial charge in [0.15, 0.2) is 11.2 Å². The maximum Gasteiger partial charge on any atom is 0.330 e. The van der Waals surface area contributed by atoms with Crippen LogP contribution in [0.15, 0.2) is 9.59 Å². The van der Waals surface area contributed by atoms with Gasteiger partial charge in [-0.2, -0.15) is 0 Å². The third kappa shape index (κ3) is 2.12. The number of hydrogen-bond donors (Lipinski definition) is 2. The van der Waals surface area contributed by atoms with Crippen molar-refractivity contribution in [3.8, 4) is 0 Å². The fraction of sp³-hybridized carbons (Fsp3) is 0.643. The van der Waals surface area contributed by atoms with Crippen LogP contribution < -0.4 is 16.6 Å². The van der Waals surface area contributed by atoms with Crippen molar-refractivity contribution in [1.29, 1.82) is 0 Å². The molecule has 1 aliphatic heterocycles. The molecule has 0 radical (unpaired) electrons. The van der Waals surface area contributed by atoms with Crippen LogP contribution in [0.4, 0.5) is 0 Å². The summed E-state index contributed by atoms with van der Waals surface area (Å²) >= 11 is 0. The molecule has 1 fully saturated rings. The first-order valence-corrected chi connectivity index (χ1v) is 7.49. The lowest BCUT2D eigenvalue weighted by Crippen LogP contribution is -2.32. The predicted molar refractivity (Wildman–Crippen MR) is 80.6 cm³/mol. The summed E-state index contributed by atoms with van der Waals surface area (Å²) in [6.45, 7) is 4.93. The van der Waals surface area contributed by atoms with Gasteiger partial charge in [0.25, 0.3) is 5.56 Å². The SMILES string of the molecule is CCC(C)n1c(=O)[nH]c(=O)c2c1nc(C1CCCN1)n2C. The van der Waals surface area contributed by atoms with E-state index in [4.69, 9.17) is 0 Å². The van der Waals surface area contributed by atoms with Crippen molar-refractivity contribution >= 4 is 11.2 Å². The molecule has 7 nitrogen and oxygen atoms in total. The van der Waals surface area contributed by atoms with Crippen LogP contribution in [0.3, 0.4) is 0 Å². The topological polar surface area (TPSA) is 84.7 Å². The average molecular weight is 291 g/mol. The molecule has 2 aromatic rings. The smallest absolute Gasteiger partial charge is 0.324 e. The van der Waals surface area contributed by atoms with Crippen molar-refractivity contribution in [2.75, 3.05) is 6.54 Å². The van der Waals surface area contributed by atoms with Crippen molar-refractivity contribution in [1.82, 2.24) is 24.4 Å².